The molecule has 0 fully saturated rings. The molecule has 5 heteroatoms. The van der Waals surface area contributed by atoms with Crippen LogP contribution in [0.4, 0.5) is 5.69 Å². The average Bonchev–Trinajstić information content (AvgIpc) is 2.83. The fourth-order valence-electron chi connectivity index (χ4n) is 2.70. The minimum atomic E-state index is -1.16. The second-order valence-electron chi connectivity index (χ2n) is 6.80. The highest BCUT2D eigenvalue weighted by Crippen LogP contribution is 2.31. The molecule has 1 N–H and O–H groups in total. The van der Waals surface area contributed by atoms with Crippen molar-refractivity contribution in [2.75, 3.05) is 5.32 Å². The molecule has 1 heterocycles. The summed E-state index contributed by atoms with van der Waals surface area (Å²) in [6.07, 6.45) is 1.54. The molecular weight excluding hydrogens is 405 g/mol. The Bertz CT molecular complexity index is 661. The number of benzene rings is 1. The zero-order chi connectivity index (χ0) is 16.3. The van der Waals surface area contributed by atoms with Crippen LogP contribution in [-0.4, -0.2) is 14.0 Å². The molecule has 0 aliphatic rings. The number of amides is 1. The van der Waals surface area contributed by atoms with Gasteiger partial charge in [0.05, 0.1) is 9.83 Å². The lowest BCUT2D eigenvalue weighted by molar-refractivity contribution is 0.0995. The van der Waals surface area contributed by atoms with Crippen molar-refractivity contribution in [2.45, 2.75) is 38.5 Å². The van der Waals surface area contributed by atoms with E-state index in [1.807, 2.05) is 18.2 Å². The van der Waals surface area contributed by atoms with Crippen molar-refractivity contribution in [3.63, 3.8) is 0 Å². The summed E-state index contributed by atoms with van der Waals surface area (Å²) in [7, 11) is -1.16. The van der Waals surface area contributed by atoms with Crippen molar-refractivity contribution < 1.29 is 9.21 Å². The van der Waals surface area contributed by atoms with Gasteiger partial charge in [-0.1, -0.05) is 50.8 Å². The summed E-state index contributed by atoms with van der Waals surface area (Å²) < 4.78 is 6.09. The van der Waals surface area contributed by atoms with E-state index in [4.69, 9.17) is 4.42 Å². The molecule has 0 saturated heterocycles. The van der Waals surface area contributed by atoms with Gasteiger partial charge in [0.15, 0.2) is 0 Å². The molecule has 22 heavy (non-hydrogen) atoms. The van der Waals surface area contributed by atoms with E-state index in [9.17, 15) is 4.79 Å². The summed E-state index contributed by atoms with van der Waals surface area (Å²) >= 11 is 2.10. The van der Waals surface area contributed by atoms with Gasteiger partial charge < -0.3 is 9.73 Å². The van der Waals surface area contributed by atoms with Gasteiger partial charge in [0.1, 0.15) is 0 Å². The Kier molecular flexibility index (Phi) is 5.49. The molecule has 3 nitrogen and oxygen atoms in total. The molecule has 1 aromatic carbocycles. The van der Waals surface area contributed by atoms with Gasteiger partial charge in [0, 0.05) is 13.8 Å². The number of para-hydroxylation sites is 1. The summed E-state index contributed by atoms with van der Waals surface area (Å²) in [5.74, 6) is 0.606. The molecule has 1 unspecified atom stereocenters. The van der Waals surface area contributed by atoms with Crippen LogP contribution in [-0.2, 0) is 0 Å². The van der Waals surface area contributed by atoms with Crippen LogP contribution < -0.4 is 5.32 Å². The molecule has 0 bridgehead atoms. The summed E-state index contributed by atoms with van der Waals surface area (Å²) in [6, 6.07) is 11.0. The van der Waals surface area contributed by atoms with Gasteiger partial charge >= 0.3 is 0 Å². The Balaban J connectivity index is 2.22. The van der Waals surface area contributed by atoms with E-state index in [0.717, 1.165) is 9.26 Å². The summed E-state index contributed by atoms with van der Waals surface area (Å²) in [5.41, 5.74) is 2.07. The normalized spacial score (nSPS) is 13.0. The summed E-state index contributed by atoms with van der Waals surface area (Å²) in [4.78, 5) is 12.4. The first-order chi connectivity index (χ1) is 10.3. The maximum atomic E-state index is 12.4. The molecule has 1 aromatic heterocycles. The van der Waals surface area contributed by atoms with Crippen LogP contribution in [0.5, 0.6) is 0 Å². The lowest BCUT2D eigenvalue weighted by Crippen LogP contribution is -2.22. The van der Waals surface area contributed by atoms with Gasteiger partial charge in [-0.25, -0.2) is 0 Å². The van der Waals surface area contributed by atoms with Gasteiger partial charge in [0.25, 0.3) is 5.91 Å². The van der Waals surface area contributed by atoms with Crippen LogP contribution >= 0.6 is 22.6 Å². The molecule has 2 aromatic rings. The lowest BCUT2D eigenvalue weighted by atomic mass is 10.0. The van der Waals surface area contributed by atoms with Gasteiger partial charge in [0.2, 0.25) is 5.76 Å². The molecule has 2 rings (SSSR count). The quantitative estimate of drug-likeness (QED) is 0.500. The number of anilines is 1. The number of hydrogen-bond acceptors (Lipinski definition) is 2. The molecular formula is C17H22INO2Si. The number of rotatable bonds is 5. The maximum Gasteiger partial charge on any atom is 0.292 e. The first-order valence-corrected chi connectivity index (χ1v) is 12.2. The number of furan rings is 1. The lowest BCUT2D eigenvalue weighted by Gasteiger charge is -2.23. The molecule has 1 atom stereocenters. The van der Waals surface area contributed by atoms with E-state index in [2.05, 4.69) is 60.5 Å². The highest BCUT2D eigenvalue weighted by atomic mass is 127. The van der Waals surface area contributed by atoms with Crippen LogP contribution in [0.15, 0.2) is 41.0 Å². The van der Waals surface area contributed by atoms with Crippen LogP contribution in [0.3, 0.4) is 0 Å². The Morgan fingerprint density at radius 3 is 2.55 bits per heavy atom. The maximum absolute atomic E-state index is 12.4. The van der Waals surface area contributed by atoms with Gasteiger partial charge in [-0.15, -0.1) is 0 Å². The molecule has 118 valence electrons. The van der Waals surface area contributed by atoms with Crippen LogP contribution in [0, 0.1) is 3.57 Å². The molecule has 0 aliphatic carbocycles. The molecule has 0 saturated carbocycles. The molecule has 1 amide bonds. The predicted octanol–water partition coefficient (Wildman–Crippen LogP) is 5.58. The van der Waals surface area contributed by atoms with Crippen molar-refractivity contribution in [3.05, 3.63) is 51.5 Å². The second-order valence-corrected chi connectivity index (χ2v) is 13.5. The largest absolute Gasteiger partial charge is 0.458 e. The highest BCUT2D eigenvalue weighted by molar-refractivity contribution is 14.1. The Morgan fingerprint density at radius 1 is 1.27 bits per heavy atom. The topological polar surface area (TPSA) is 42.2 Å². The van der Waals surface area contributed by atoms with Gasteiger partial charge in [-0.05, 0) is 46.2 Å². The number of carbonyl (C=O) groups excluding carboxylic acids is 1. The van der Waals surface area contributed by atoms with Crippen molar-refractivity contribution in [1.29, 1.82) is 0 Å². The van der Waals surface area contributed by atoms with Crippen LogP contribution in [0.1, 0.15) is 29.0 Å². The smallest absolute Gasteiger partial charge is 0.292 e. The summed E-state index contributed by atoms with van der Waals surface area (Å²) in [5, 5.41) is 3.00. The SMILES string of the molecule is CC(C[Si](C)(C)C)c1ccccc1NC(=O)c1occc1I. The molecule has 0 aliphatic heterocycles. The second kappa shape index (κ2) is 7.00. The molecule has 0 spiro atoms. The summed E-state index contributed by atoms with van der Waals surface area (Å²) in [6.45, 7) is 9.35. The van der Waals surface area contributed by atoms with E-state index in [0.29, 0.717) is 11.7 Å². The number of hydrogen-bond donors (Lipinski definition) is 1. The third kappa shape index (κ3) is 4.46. The van der Waals surface area contributed by atoms with Crippen LogP contribution in [0.25, 0.3) is 0 Å². The Hall–Kier alpha value is -1.08. The van der Waals surface area contributed by atoms with Gasteiger partial charge in [-0.3, -0.25) is 4.79 Å². The Labute approximate surface area is 146 Å². The zero-order valence-corrected chi connectivity index (χ0v) is 16.6. The van der Waals surface area contributed by atoms with Crippen molar-refractivity contribution in [2.24, 2.45) is 0 Å². The third-order valence-electron chi connectivity index (χ3n) is 3.48. The first kappa shape index (κ1) is 17.3. The van der Waals surface area contributed by atoms with E-state index in [1.54, 1.807) is 6.07 Å². The van der Waals surface area contributed by atoms with Crippen molar-refractivity contribution >= 4 is 42.3 Å². The average molecular weight is 427 g/mol. The third-order valence-corrected chi connectivity index (χ3v) is 6.17. The van der Waals surface area contributed by atoms with Gasteiger partial charge in [-0.2, -0.15) is 0 Å². The van der Waals surface area contributed by atoms with Crippen molar-refractivity contribution in [1.82, 2.24) is 0 Å². The fourth-order valence-corrected chi connectivity index (χ4v) is 5.28. The minimum Gasteiger partial charge on any atom is -0.458 e. The zero-order valence-electron chi connectivity index (χ0n) is 13.4. The number of carbonyl (C=O) groups is 1. The van der Waals surface area contributed by atoms with Crippen molar-refractivity contribution in [3.8, 4) is 0 Å². The predicted molar refractivity (Wildman–Crippen MR) is 102 cm³/mol. The first-order valence-electron chi connectivity index (χ1n) is 7.41. The minimum absolute atomic E-state index is 0.193. The highest BCUT2D eigenvalue weighted by Gasteiger charge is 2.21. The fraction of sp³-hybridized carbons (Fsp3) is 0.353. The monoisotopic (exact) mass is 427 g/mol. The number of halogens is 1. The van der Waals surface area contributed by atoms with E-state index in [1.165, 1.54) is 17.9 Å². The van der Waals surface area contributed by atoms with E-state index < -0.39 is 8.07 Å². The van der Waals surface area contributed by atoms with Crippen LogP contribution in [0.2, 0.25) is 25.7 Å². The number of nitrogens with one attached hydrogen (secondary N) is 1. The van der Waals surface area contributed by atoms with E-state index >= 15 is 0 Å². The molecule has 0 radical (unpaired) electrons. The standard InChI is InChI=1S/C17H22INO2Si/c1-12(11-22(2,3)4)13-7-5-6-8-15(13)19-17(20)16-14(18)9-10-21-16/h5-10,12H,11H2,1-4H3,(H,19,20). The van der Waals surface area contributed by atoms with E-state index in [-0.39, 0.29) is 5.91 Å². The Morgan fingerprint density at radius 2 is 1.95 bits per heavy atom.